The SMILES string of the molecule is CCCC[NH2+]C(C)(C)C(C)=NO. The van der Waals surface area contributed by atoms with E-state index in [-0.39, 0.29) is 5.54 Å². The van der Waals surface area contributed by atoms with Crippen molar-refractivity contribution in [2.45, 2.75) is 46.1 Å². The third kappa shape index (κ3) is 3.72. The molecule has 0 aliphatic rings. The number of unbranched alkanes of at least 4 members (excludes halogenated alkanes) is 1. The summed E-state index contributed by atoms with van der Waals surface area (Å²) in [7, 11) is 0. The number of nitrogens with zero attached hydrogens (tertiary/aromatic N) is 1. The first kappa shape index (κ1) is 11.4. The van der Waals surface area contributed by atoms with Gasteiger partial charge in [0, 0.05) is 0 Å². The predicted molar refractivity (Wildman–Crippen MR) is 50.7 cm³/mol. The van der Waals surface area contributed by atoms with Crippen LogP contribution in [0.3, 0.4) is 0 Å². The van der Waals surface area contributed by atoms with Crippen molar-refractivity contribution in [3.8, 4) is 0 Å². The van der Waals surface area contributed by atoms with E-state index in [0.717, 1.165) is 12.3 Å². The highest BCUT2D eigenvalue weighted by Gasteiger charge is 2.24. The Morgan fingerprint density at radius 3 is 2.50 bits per heavy atom. The van der Waals surface area contributed by atoms with E-state index < -0.39 is 0 Å². The van der Waals surface area contributed by atoms with Crippen molar-refractivity contribution < 1.29 is 10.5 Å². The van der Waals surface area contributed by atoms with E-state index in [1.807, 2.05) is 6.92 Å². The zero-order valence-electron chi connectivity index (χ0n) is 8.59. The van der Waals surface area contributed by atoms with Crippen LogP contribution in [0.4, 0.5) is 0 Å². The monoisotopic (exact) mass is 173 g/mol. The van der Waals surface area contributed by atoms with E-state index in [2.05, 4.69) is 31.2 Å². The van der Waals surface area contributed by atoms with Crippen LogP contribution in [-0.2, 0) is 0 Å². The largest absolute Gasteiger partial charge is 0.411 e. The van der Waals surface area contributed by atoms with Crippen molar-refractivity contribution in [2.24, 2.45) is 5.16 Å². The van der Waals surface area contributed by atoms with E-state index in [4.69, 9.17) is 5.21 Å². The summed E-state index contributed by atoms with van der Waals surface area (Å²) in [5.74, 6) is 0. The molecule has 3 N–H and O–H groups in total. The summed E-state index contributed by atoms with van der Waals surface area (Å²) in [6.07, 6.45) is 2.42. The van der Waals surface area contributed by atoms with Gasteiger partial charge in [0.1, 0.15) is 11.3 Å². The topological polar surface area (TPSA) is 49.2 Å². The summed E-state index contributed by atoms with van der Waals surface area (Å²) < 4.78 is 0. The highest BCUT2D eigenvalue weighted by Crippen LogP contribution is 1.97. The van der Waals surface area contributed by atoms with Crippen molar-refractivity contribution in [1.82, 2.24) is 0 Å². The molecule has 0 aliphatic heterocycles. The van der Waals surface area contributed by atoms with Gasteiger partial charge < -0.3 is 10.5 Å². The number of hydrogen-bond acceptors (Lipinski definition) is 2. The molecule has 0 atom stereocenters. The van der Waals surface area contributed by atoms with Gasteiger partial charge in [-0.25, -0.2) is 0 Å². The fourth-order valence-electron chi connectivity index (χ4n) is 0.944. The molecule has 0 amide bonds. The van der Waals surface area contributed by atoms with Crippen LogP contribution in [-0.4, -0.2) is 23.0 Å². The van der Waals surface area contributed by atoms with Gasteiger partial charge in [-0.3, -0.25) is 0 Å². The lowest BCUT2D eigenvalue weighted by Crippen LogP contribution is -2.97. The van der Waals surface area contributed by atoms with Crippen LogP contribution < -0.4 is 5.32 Å². The molecule has 0 unspecified atom stereocenters. The van der Waals surface area contributed by atoms with Crippen LogP contribution in [0, 0.1) is 0 Å². The van der Waals surface area contributed by atoms with Crippen molar-refractivity contribution in [1.29, 1.82) is 0 Å². The van der Waals surface area contributed by atoms with Crippen LogP contribution >= 0.6 is 0 Å². The molecular formula is C9H21N2O+. The number of hydrogen-bond donors (Lipinski definition) is 2. The quantitative estimate of drug-likeness (QED) is 0.277. The normalized spacial score (nSPS) is 13.5. The summed E-state index contributed by atoms with van der Waals surface area (Å²) in [5.41, 5.74) is 0.711. The summed E-state index contributed by atoms with van der Waals surface area (Å²) in [6.45, 7) is 9.25. The third-order valence-corrected chi connectivity index (χ3v) is 2.29. The standard InChI is InChI=1S/C9H20N2O/c1-5-6-7-10-9(3,4)8(2)11-12/h10,12H,5-7H2,1-4H3/p+1. The Morgan fingerprint density at radius 1 is 1.50 bits per heavy atom. The number of quaternary nitrogens is 1. The fourth-order valence-corrected chi connectivity index (χ4v) is 0.944. The van der Waals surface area contributed by atoms with E-state index in [1.165, 1.54) is 12.8 Å². The minimum Gasteiger partial charge on any atom is -0.411 e. The Kier molecular flexibility index (Phi) is 4.90. The Labute approximate surface area is 74.9 Å². The lowest BCUT2D eigenvalue weighted by atomic mass is 9.99. The number of rotatable bonds is 5. The number of oxime groups is 1. The lowest BCUT2D eigenvalue weighted by Gasteiger charge is -2.21. The molecule has 3 heteroatoms. The first-order valence-corrected chi connectivity index (χ1v) is 4.58. The maximum atomic E-state index is 8.59. The van der Waals surface area contributed by atoms with Gasteiger partial charge in [0.2, 0.25) is 0 Å². The van der Waals surface area contributed by atoms with Gasteiger partial charge in [-0.1, -0.05) is 18.5 Å². The van der Waals surface area contributed by atoms with Gasteiger partial charge in [0.25, 0.3) is 0 Å². The molecule has 0 spiro atoms. The molecule has 0 rings (SSSR count). The smallest absolute Gasteiger partial charge is 0.132 e. The number of nitrogens with two attached hydrogens (primary N) is 1. The molecule has 0 saturated heterocycles. The zero-order valence-corrected chi connectivity index (χ0v) is 8.59. The molecular weight excluding hydrogens is 152 g/mol. The molecule has 0 fully saturated rings. The molecule has 0 aromatic rings. The van der Waals surface area contributed by atoms with E-state index in [1.54, 1.807) is 0 Å². The van der Waals surface area contributed by atoms with Crippen molar-refractivity contribution in [2.75, 3.05) is 6.54 Å². The van der Waals surface area contributed by atoms with Gasteiger partial charge in [-0.15, -0.1) is 0 Å². The van der Waals surface area contributed by atoms with Crippen molar-refractivity contribution in [3.05, 3.63) is 0 Å². The second-order valence-corrected chi connectivity index (χ2v) is 3.75. The molecule has 72 valence electrons. The van der Waals surface area contributed by atoms with Crippen molar-refractivity contribution >= 4 is 5.71 Å². The molecule has 0 aromatic heterocycles. The first-order chi connectivity index (χ1) is 5.54. The highest BCUT2D eigenvalue weighted by atomic mass is 16.4. The molecule has 0 aliphatic carbocycles. The second kappa shape index (κ2) is 5.14. The molecule has 0 aromatic carbocycles. The first-order valence-electron chi connectivity index (χ1n) is 4.58. The van der Waals surface area contributed by atoms with E-state index >= 15 is 0 Å². The molecule has 12 heavy (non-hydrogen) atoms. The Morgan fingerprint density at radius 2 is 2.08 bits per heavy atom. The van der Waals surface area contributed by atoms with Crippen LogP contribution in [0.25, 0.3) is 0 Å². The Balaban J connectivity index is 3.87. The average molecular weight is 173 g/mol. The maximum absolute atomic E-state index is 8.59. The van der Waals surface area contributed by atoms with Gasteiger partial charge in [-0.05, 0) is 27.2 Å². The molecule has 0 radical (unpaired) electrons. The Bertz CT molecular complexity index is 153. The fraction of sp³-hybridized carbons (Fsp3) is 0.889. The third-order valence-electron chi connectivity index (χ3n) is 2.29. The van der Waals surface area contributed by atoms with Crippen molar-refractivity contribution in [3.63, 3.8) is 0 Å². The predicted octanol–water partition coefficient (Wildman–Crippen LogP) is 0.979. The molecule has 3 nitrogen and oxygen atoms in total. The van der Waals surface area contributed by atoms with E-state index in [9.17, 15) is 0 Å². The lowest BCUT2D eigenvalue weighted by molar-refractivity contribution is -0.703. The maximum Gasteiger partial charge on any atom is 0.132 e. The molecule has 0 heterocycles. The average Bonchev–Trinajstić information content (AvgIpc) is 2.03. The Hall–Kier alpha value is -0.570. The highest BCUT2D eigenvalue weighted by molar-refractivity contribution is 5.88. The second-order valence-electron chi connectivity index (χ2n) is 3.75. The van der Waals surface area contributed by atoms with Crippen LogP contribution in [0.1, 0.15) is 40.5 Å². The summed E-state index contributed by atoms with van der Waals surface area (Å²) in [6, 6.07) is 0. The molecule has 0 saturated carbocycles. The minimum atomic E-state index is -0.0656. The van der Waals surface area contributed by atoms with Crippen LogP contribution in [0.15, 0.2) is 5.16 Å². The summed E-state index contributed by atoms with van der Waals surface area (Å²) >= 11 is 0. The summed E-state index contributed by atoms with van der Waals surface area (Å²) in [4.78, 5) is 0. The minimum absolute atomic E-state index is 0.0656. The van der Waals surface area contributed by atoms with Gasteiger partial charge >= 0.3 is 0 Å². The molecule has 0 bridgehead atoms. The van der Waals surface area contributed by atoms with Gasteiger partial charge in [0.05, 0.1) is 6.54 Å². The zero-order chi connectivity index (χ0) is 9.61. The van der Waals surface area contributed by atoms with Gasteiger partial charge in [-0.2, -0.15) is 0 Å². The van der Waals surface area contributed by atoms with Crippen LogP contribution in [0.2, 0.25) is 0 Å². The summed E-state index contributed by atoms with van der Waals surface area (Å²) in [5, 5.41) is 14.0. The van der Waals surface area contributed by atoms with Gasteiger partial charge in [0.15, 0.2) is 0 Å². The van der Waals surface area contributed by atoms with E-state index in [0.29, 0.717) is 0 Å². The van der Waals surface area contributed by atoms with Crippen LogP contribution in [0.5, 0.6) is 0 Å².